The Morgan fingerprint density at radius 1 is 1.19 bits per heavy atom. The SMILES string of the molecule is COc1ccc(SCC(=O)N/N=C/c2cc(C)n(-c3ccc(C(=O)O)c(Cl)c3)c2C)cc1. The molecule has 2 N–H and O–H groups in total. The summed E-state index contributed by atoms with van der Waals surface area (Å²) in [7, 11) is 1.61. The number of ether oxygens (including phenoxy) is 1. The lowest BCUT2D eigenvalue weighted by atomic mass is 10.2. The summed E-state index contributed by atoms with van der Waals surface area (Å²) in [4.78, 5) is 24.2. The maximum atomic E-state index is 12.1. The van der Waals surface area contributed by atoms with Crippen molar-refractivity contribution in [1.29, 1.82) is 0 Å². The molecule has 0 atom stereocenters. The fourth-order valence-electron chi connectivity index (χ4n) is 3.16. The van der Waals surface area contributed by atoms with Crippen LogP contribution in [0, 0.1) is 13.8 Å². The van der Waals surface area contributed by atoms with E-state index in [0.717, 1.165) is 33.3 Å². The van der Waals surface area contributed by atoms with Crippen LogP contribution in [0.2, 0.25) is 5.02 Å². The Morgan fingerprint density at radius 2 is 1.91 bits per heavy atom. The van der Waals surface area contributed by atoms with E-state index in [4.69, 9.17) is 21.4 Å². The first-order valence-corrected chi connectivity index (χ1v) is 11.0. The quantitative estimate of drug-likeness (QED) is 0.282. The number of nitrogens with zero attached hydrogens (tertiary/aromatic N) is 2. The predicted molar refractivity (Wildman–Crippen MR) is 127 cm³/mol. The molecule has 1 heterocycles. The van der Waals surface area contributed by atoms with Crippen molar-refractivity contribution in [1.82, 2.24) is 9.99 Å². The molecule has 1 aromatic heterocycles. The molecule has 166 valence electrons. The van der Waals surface area contributed by atoms with Crippen LogP contribution in [-0.4, -0.2) is 40.6 Å². The number of aryl methyl sites for hydroxylation is 1. The van der Waals surface area contributed by atoms with Crippen LogP contribution in [-0.2, 0) is 4.79 Å². The van der Waals surface area contributed by atoms with Crippen LogP contribution in [0.4, 0.5) is 0 Å². The van der Waals surface area contributed by atoms with E-state index < -0.39 is 5.97 Å². The summed E-state index contributed by atoms with van der Waals surface area (Å²) in [5.74, 6) is -0.291. The van der Waals surface area contributed by atoms with E-state index in [1.54, 1.807) is 25.5 Å². The lowest BCUT2D eigenvalue weighted by Gasteiger charge is -2.11. The molecule has 0 bridgehead atoms. The van der Waals surface area contributed by atoms with Gasteiger partial charge in [-0.3, -0.25) is 4.79 Å². The van der Waals surface area contributed by atoms with Crippen molar-refractivity contribution in [3.63, 3.8) is 0 Å². The molecule has 1 amide bonds. The Balaban J connectivity index is 1.64. The number of carbonyl (C=O) groups is 2. The highest BCUT2D eigenvalue weighted by molar-refractivity contribution is 8.00. The number of carboxylic acids is 1. The number of methoxy groups -OCH3 is 1. The first-order valence-electron chi connectivity index (χ1n) is 9.61. The lowest BCUT2D eigenvalue weighted by Crippen LogP contribution is -2.19. The van der Waals surface area contributed by atoms with Crippen molar-refractivity contribution in [3.8, 4) is 11.4 Å². The van der Waals surface area contributed by atoms with Crippen LogP contribution in [0.5, 0.6) is 5.75 Å². The van der Waals surface area contributed by atoms with E-state index in [1.807, 2.05) is 48.7 Å². The summed E-state index contributed by atoms with van der Waals surface area (Å²) in [5.41, 5.74) is 5.96. The molecule has 0 aliphatic carbocycles. The number of rotatable bonds is 8. The standard InChI is InChI=1S/C23H22ClN3O4S/c1-14-10-16(15(2)27(14)17-4-9-20(23(29)30)21(24)11-17)12-25-26-22(28)13-32-19-7-5-18(31-3)6-8-19/h4-12H,13H2,1-3H3,(H,26,28)(H,29,30)/b25-12+. The molecule has 0 aliphatic rings. The minimum Gasteiger partial charge on any atom is -0.497 e. The van der Waals surface area contributed by atoms with Crippen molar-refractivity contribution in [3.05, 3.63) is 76.1 Å². The van der Waals surface area contributed by atoms with E-state index in [1.165, 1.54) is 17.8 Å². The van der Waals surface area contributed by atoms with E-state index in [2.05, 4.69) is 10.5 Å². The molecule has 0 radical (unpaired) electrons. The van der Waals surface area contributed by atoms with Gasteiger partial charge in [-0.25, -0.2) is 10.2 Å². The zero-order valence-corrected chi connectivity index (χ0v) is 19.3. The van der Waals surface area contributed by atoms with Crippen molar-refractivity contribution in [2.24, 2.45) is 5.10 Å². The second kappa shape index (κ2) is 10.4. The van der Waals surface area contributed by atoms with Crippen LogP contribution < -0.4 is 10.2 Å². The number of amides is 1. The molecule has 32 heavy (non-hydrogen) atoms. The van der Waals surface area contributed by atoms with Gasteiger partial charge < -0.3 is 14.4 Å². The van der Waals surface area contributed by atoms with Gasteiger partial charge in [0.25, 0.3) is 0 Å². The monoisotopic (exact) mass is 471 g/mol. The zero-order valence-electron chi connectivity index (χ0n) is 17.8. The zero-order chi connectivity index (χ0) is 23.3. The summed E-state index contributed by atoms with van der Waals surface area (Å²) in [5, 5.41) is 13.4. The molecule has 2 aromatic carbocycles. The lowest BCUT2D eigenvalue weighted by molar-refractivity contribution is -0.118. The van der Waals surface area contributed by atoms with Gasteiger partial charge in [-0.15, -0.1) is 11.8 Å². The number of hydrogen-bond donors (Lipinski definition) is 2. The van der Waals surface area contributed by atoms with E-state index in [-0.39, 0.29) is 22.2 Å². The summed E-state index contributed by atoms with van der Waals surface area (Å²) in [6, 6.07) is 14.2. The van der Waals surface area contributed by atoms with Gasteiger partial charge in [0.1, 0.15) is 5.75 Å². The first-order chi connectivity index (χ1) is 15.3. The van der Waals surface area contributed by atoms with Crippen LogP contribution >= 0.6 is 23.4 Å². The van der Waals surface area contributed by atoms with Crippen LogP contribution in [0.25, 0.3) is 5.69 Å². The third-order valence-corrected chi connectivity index (χ3v) is 6.06. The van der Waals surface area contributed by atoms with Gasteiger partial charge in [0.2, 0.25) is 5.91 Å². The average Bonchev–Trinajstić information content (AvgIpc) is 3.05. The Bertz CT molecular complexity index is 1170. The summed E-state index contributed by atoms with van der Waals surface area (Å²) in [6.07, 6.45) is 1.59. The number of nitrogens with one attached hydrogen (secondary N) is 1. The van der Waals surface area contributed by atoms with Gasteiger partial charge in [-0.2, -0.15) is 5.10 Å². The van der Waals surface area contributed by atoms with Gasteiger partial charge in [0.05, 0.1) is 29.7 Å². The van der Waals surface area contributed by atoms with Gasteiger partial charge in [0.15, 0.2) is 0 Å². The molecule has 3 rings (SSSR count). The molecule has 0 unspecified atom stereocenters. The number of benzene rings is 2. The number of carboxylic acid groups (broad SMARTS) is 1. The van der Waals surface area contributed by atoms with E-state index >= 15 is 0 Å². The molecule has 0 saturated carbocycles. The van der Waals surface area contributed by atoms with E-state index in [9.17, 15) is 9.59 Å². The third kappa shape index (κ3) is 5.52. The normalized spacial score (nSPS) is 11.0. The number of aromatic carboxylic acids is 1. The van der Waals surface area contributed by atoms with Gasteiger partial charge in [0, 0.05) is 27.5 Å². The summed E-state index contributed by atoms with van der Waals surface area (Å²) < 4.78 is 7.06. The molecular weight excluding hydrogens is 450 g/mol. The minimum absolute atomic E-state index is 0.0508. The summed E-state index contributed by atoms with van der Waals surface area (Å²) >= 11 is 7.52. The second-order valence-electron chi connectivity index (χ2n) is 6.89. The number of hydrazone groups is 1. The van der Waals surface area contributed by atoms with Gasteiger partial charge in [-0.05, 0) is 62.4 Å². The molecule has 7 nitrogen and oxygen atoms in total. The van der Waals surface area contributed by atoms with Crippen LogP contribution in [0.3, 0.4) is 0 Å². The first kappa shape index (κ1) is 23.4. The predicted octanol–water partition coefficient (Wildman–Crippen LogP) is 4.70. The Labute approximate surface area is 195 Å². The Kier molecular flexibility index (Phi) is 7.61. The number of hydrogen-bond acceptors (Lipinski definition) is 5. The molecule has 0 aliphatic heterocycles. The van der Waals surface area contributed by atoms with Crippen LogP contribution in [0.1, 0.15) is 27.3 Å². The van der Waals surface area contributed by atoms with E-state index in [0.29, 0.717) is 0 Å². The highest BCUT2D eigenvalue weighted by Gasteiger charge is 2.13. The largest absolute Gasteiger partial charge is 0.497 e. The van der Waals surface area contributed by atoms with Gasteiger partial charge in [-0.1, -0.05) is 11.6 Å². The third-order valence-electron chi connectivity index (χ3n) is 4.73. The van der Waals surface area contributed by atoms with Crippen molar-refractivity contribution >= 4 is 41.5 Å². The highest BCUT2D eigenvalue weighted by Crippen LogP contribution is 2.25. The molecule has 3 aromatic rings. The molecule has 0 fully saturated rings. The number of thioether (sulfide) groups is 1. The highest BCUT2D eigenvalue weighted by atomic mass is 35.5. The average molecular weight is 472 g/mol. The van der Waals surface area contributed by atoms with Crippen molar-refractivity contribution < 1.29 is 19.4 Å². The minimum atomic E-state index is -1.07. The molecule has 9 heteroatoms. The number of aromatic nitrogens is 1. The maximum Gasteiger partial charge on any atom is 0.337 e. The Hall–Kier alpha value is -3.23. The van der Waals surface area contributed by atoms with Crippen molar-refractivity contribution in [2.75, 3.05) is 12.9 Å². The number of halogens is 1. The van der Waals surface area contributed by atoms with Gasteiger partial charge >= 0.3 is 5.97 Å². The smallest absolute Gasteiger partial charge is 0.337 e. The fourth-order valence-corrected chi connectivity index (χ4v) is 4.11. The Morgan fingerprint density at radius 3 is 2.53 bits per heavy atom. The fraction of sp³-hybridized carbons (Fsp3) is 0.174. The summed E-state index contributed by atoms with van der Waals surface area (Å²) in [6.45, 7) is 3.84. The molecule has 0 spiro atoms. The van der Waals surface area contributed by atoms with Crippen molar-refractivity contribution in [2.45, 2.75) is 18.7 Å². The molecular formula is C23H22ClN3O4S. The maximum absolute atomic E-state index is 12.1. The second-order valence-corrected chi connectivity index (χ2v) is 8.34. The van der Waals surface area contributed by atoms with Crippen LogP contribution in [0.15, 0.2) is 58.5 Å². The number of carbonyl (C=O) groups excluding carboxylic acids is 1. The molecule has 0 saturated heterocycles. The topological polar surface area (TPSA) is 92.9 Å².